The van der Waals surface area contributed by atoms with Gasteiger partial charge in [-0.15, -0.1) is 0 Å². The van der Waals surface area contributed by atoms with Crippen molar-refractivity contribution in [3.05, 3.63) is 63.2 Å². The van der Waals surface area contributed by atoms with Crippen LogP contribution < -0.4 is 4.90 Å². The molecule has 0 unspecified atom stereocenters. The van der Waals surface area contributed by atoms with Gasteiger partial charge in [-0.1, -0.05) is 23.7 Å². The number of hydrogen-bond acceptors (Lipinski definition) is 6. The quantitative estimate of drug-likeness (QED) is 0.526. The summed E-state index contributed by atoms with van der Waals surface area (Å²) in [6.45, 7) is 1.98. The number of anilines is 1. The summed E-state index contributed by atoms with van der Waals surface area (Å²) in [5.41, 5.74) is 1.03. The zero-order chi connectivity index (χ0) is 21.2. The lowest BCUT2D eigenvalue weighted by Gasteiger charge is -2.36. The third kappa shape index (κ3) is 5.04. The van der Waals surface area contributed by atoms with Crippen molar-refractivity contribution in [1.29, 1.82) is 0 Å². The van der Waals surface area contributed by atoms with Gasteiger partial charge in [-0.2, -0.15) is 0 Å². The van der Waals surface area contributed by atoms with E-state index in [2.05, 4.69) is 0 Å². The number of halogens is 1. The van der Waals surface area contributed by atoms with Crippen LogP contribution in [0.2, 0.25) is 5.02 Å². The molecule has 3 rings (SSSR count). The monoisotopic (exact) mass is 437 g/mol. The first kappa shape index (κ1) is 21.1. The van der Waals surface area contributed by atoms with Gasteiger partial charge in [0.2, 0.25) is 5.91 Å². The second-order valence-corrected chi connectivity index (χ2v) is 9.27. The van der Waals surface area contributed by atoms with Gasteiger partial charge in [0, 0.05) is 49.2 Å². The molecule has 0 spiro atoms. The van der Waals surface area contributed by atoms with E-state index in [1.165, 1.54) is 18.2 Å². The van der Waals surface area contributed by atoms with E-state index in [-0.39, 0.29) is 17.2 Å². The van der Waals surface area contributed by atoms with Crippen LogP contribution in [-0.2, 0) is 21.1 Å². The molecule has 0 radical (unpaired) electrons. The lowest BCUT2D eigenvalue weighted by Crippen LogP contribution is -2.49. The summed E-state index contributed by atoms with van der Waals surface area (Å²) in [6, 6.07) is 11.2. The maximum atomic E-state index is 12.5. The van der Waals surface area contributed by atoms with Crippen LogP contribution in [0.3, 0.4) is 0 Å². The van der Waals surface area contributed by atoms with Crippen molar-refractivity contribution in [2.75, 3.05) is 37.3 Å². The van der Waals surface area contributed by atoms with E-state index < -0.39 is 20.4 Å². The minimum atomic E-state index is -3.74. The van der Waals surface area contributed by atoms with Crippen molar-refractivity contribution in [3.63, 3.8) is 0 Å². The van der Waals surface area contributed by atoms with Gasteiger partial charge in [-0.25, -0.2) is 8.42 Å². The fraction of sp³-hybridized carbons (Fsp3) is 0.316. The lowest BCUT2D eigenvalue weighted by molar-refractivity contribution is -0.387. The molecule has 8 nitrogen and oxygen atoms in total. The minimum Gasteiger partial charge on any atom is -0.368 e. The number of amides is 1. The van der Waals surface area contributed by atoms with Crippen molar-refractivity contribution in [2.45, 2.75) is 11.3 Å². The molecule has 2 aromatic carbocycles. The molecule has 2 aromatic rings. The number of carbonyl (C=O) groups is 1. The van der Waals surface area contributed by atoms with Crippen LogP contribution in [0.5, 0.6) is 0 Å². The Hall–Kier alpha value is -2.65. The molecule has 0 aromatic heterocycles. The summed E-state index contributed by atoms with van der Waals surface area (Å²) in [5, 5.41) is 11.7. The van der Waals surface area contributed by atoms with Gasteiger partial charge in [0.05, 0.1) is 11.3 Å². The average Bonchev–Trinajstić information content (AvgIpc) is 2.68. The van der Waals surface area contributed by atoms with Crippen molar-refractivity contribution in [3.8, 4) is 0 Å². The molecule has 29 heavy (non-hydrogen) atoms. The molecule has 0 bridgehead atoms. The SMILES string of the molecule is CS(=O)(=O)c1cc(N2CCN(C(=O)Cc3ccc(Cl)cc3)CC2)ccc1[N+](=O)[O-]. The van der Waals surface area contributed by atoms with Gasteiger partial charge in [0.1, 0.15) is 4.90 Å². The Bertz CT molecular complexity index is 1030. The van der Waals surface area contributed by atoms with Crippen molar-refractivity contribution < 1.29 is 18.1 Å². The highest BCUT2D eigenvalue weighted by molar-refractivity contribution is 7.90. The molecule has 1 aliphatic rings. The van der Waals surface area contributed by atoms with Crippen LogP contribution in [-0.4, -0.2) is 56.6 Å². The Morgan fingerprint density at radius 1 is 1.10 bits per heavy atom. The first-order valence-electron chi connectivity index (χ1n) is 8.91. The maximum absolute atomic E-state index is 12.5. The number of carbonyl (C=O) groups excluding carboxylic acids is 1. The molecule has 1 fully saturated rings. The summed E-state index contributed by atoms with van der Waals surface area (Å²) < 4.78 is 23.9. The van der Waals surface area contributed by atoms with Gasteiger partial charge >= 0.3 is 0 Å². The van der Waals surface area contributed by atoms with E-state index >= 15 is 0 Å². The molecule has 0 aliphatic carbocycles. The number of nitro benzene ring substituents is 1. The summed E-state index contributed by atoms with van der Waals surface area (Å²) in [7, 11) is -3.74. The predicted molar refractivity (Wildman–Crippen MR) is 110 cm³/mol. The molecule has 154 valence electrons. The van der Waals surface area contributed by atoms with Crippen molar-refractivity contribution in [1.82, 2.24) is 4.90 Å². The number of benzene rings is 2. The fourth-order valence-electron chi connectivity index (χ4n) is 3.25. The molecule has 1 amide bonds. The largest absolute Gasteiger partial charge is 0.368 e. The van der Waals surface area contributed by atoms with Gasteiger partial charge in [-0.3, -0.25) is 14.9 Å². The number of hydrogen-bond donors (Lipinski definition) is 0. The Balaban J connectivity index is 1.68. The van der Waals surface area contributed by atoms with E-state index in [9.17, 15) is 23.3 Å². The number of sulfone groups is 1. The first-order valence-corrected chi connectivity index (χ1v) is 11.2. The van der Waals surface area contributed by atoms with Crippen LogP contribution >= 0.6 is 11.6 Å². The maximum Gasteiger partial charge on any atom is 0.288 e. The van der Waals surface area contributed by atoms with E-state index in [1.54, 1.807) is 17.0 Å². The van der Waals surface area contributed by atoms with E-state index in [1.807, 2.05) is 17.0 Å². The molecular weight excluding hydrogens is 418 g/mol. The average molecular weight is 438 g/mol. The fourth-order valence-corrected chi connectivity index (χ4v) is 4.23. The van der Waals surface area contributed by atoms with E-state index in [0.717, 1.165) is 11.8 Å². The predicted octanol–water partition coefficient (Wildman–Crippen LogP) is 2.54. The standard InChI is InChI=1S/C19H20ClN3O5S/c1-29(27,28)18-13-16(6-7-17(18)23(25)26)21-8-10-22(11-9-21)19(24)12-14-2-4-15(20)5-3-14/h2-7,13H,8-12H2,1H3. The van der Waals surface area contributed by atoms with Crippen LogP contribution in [0.25, 0.3) is 0 Å². The molecular formula is C19H20ClN3O5S. The Labute approximate surface area is 173 Å². The van der Waals surface area contributed by atoms with E-state index in [0.29, 0.717) is 36.9 Å². The molecule has 1 heterocycles. The van der Waals surface area contributed by atoms with Crippen LogP contribution in [0.4, 0.5) is 11.4 Å². The second-order valence-electron chi connectivity index (χ2n) is 6.85. The highest BCUT2D eigenvalue weighted by Crippen LogP contribution is 2.29. The molecule has 0 atom stereocenters. The number of piperazine rings is 1. The number of nitrogens with zero attached hydrogens (tertiary/aromatic N) is 3. The first-order chi connectivity index (χ1) is 13.6. The van der Waals surface area contributed by atoms with Gasteiger partial charge in [-0.05, 0) is 29.8 Å². The Morgan fingerprint density at radius 2 is 1.72 bits per heavy atom. The molecule has 1 saturated heterocycles. The molecule has 1 aliphatic heterocycles. The smallest absolute Gasteiger partial charge is 0.288 e. The summed E-state index contributed by atoms with van der Waals surface area (Å²) >= 11 is 5.86. The minimum absolute atomic E-state index is 0.00694. The summed E-state index contributed by atoms with van der Waals surface area (Å²) in [4.78, 5) is 26.3. The Morgan fingerprint density at radius 3 is 2.28 bits per heavy atom. The second kappa shape index (κ2) is 8.38. The lowest BCUT2D eigenvalue weighted by atomic mass is 10.1. The van der Waals surface area contributed by atoms with Crippen LogP contribution in [0.1, 0.15) is 5.56 Å². The summed E-state index contributed by atoms with van der Waals surface area (Å²) in [6.07, 6.45) is 1.24. The highest BCUT2D eigenvalue weighted by Gasteiger charge is 2.26. The highest BCUT2D eigenvalue weighted by atomic mass is 35.5. The molecule has 0 saturated carbocycles. The molecule has 0 N–H and O–H groups in total. The van der Waals surface area contributed by atoms with Gasteiger partial charge < -0.3 is 9.80 Å². The zero-order valence-corrected chi connectivity index (χ0v) is 17.3. The Kier molecular flexibility index (Phi) is 6.09. The number of rotatable bonds is 5. The van der Waals surface area contributed by atoms with Crippen molar-refractivity contribution >= 4 is 38.7 Å². The van der Waals surface area contributed by atoms with Gasteiger partial charge in [0.25, 0.3) is 5.69 Å². The summed E-state index contributed by atoms with van der Waals surface area (Å²) in [5.74, 6) is 0.00694. The third-order valence-electron chi connectivity index (χ3n) is 4.81. The zero-order valence-electron chi connectivity index (χ0n) is 15.7. The van der Waals surface area contributed by atoms with Crippen LogP contribution in [0, 0.1) is 10.1 Å². The van der Waals surface area contributed by atoms with Gasteiger partial charge in [0.15, 0.2) is 9.84 Å². The molecule has 10 heteroatoms. The third-order valence-corrected chi connectivity index (χ3v) is 6.18. The van der Waals surface area contributed by atoms with Crippen molar-refractivity contribution in [2.24, 2.45) is 0 Å². The van der Waals surface area contributed by atoms with E-state index in [4.69, 9.17) is 11.6 Å². The number of nitro groups is 1. The van der Waals surface area contributed by atoms with Crippen LogP contribution in [0.15, 0.2) is 47.4 Å². The topological polar surface area (TPSA) is 101 Å². The normalized spacial score (nSPS) is 14.7.